The third-order valence-electron chi connectivity index (χ3n) is 5.18. The van der Waals surface area contributed by atoms with Crippen LogP contribution in [0.2, 0.25) is 0 Å². The van der Waals surface area contributed by atoms with Crippen LogP contribution in [0.1, 0.15) is 31.2 Å². The van der Waals surface area contributed by atoms with Crippen LogP contribution in [0.25, 0.3) is 10.9 Å². The molecule has 1 unspecified atom stereocenters. The molecule has 1 aromatic carbocycles. The van der Waals surface area contributed by atoms with Crippen molar-refractivity contribution >= 4 is 16.7 Å². The summed E-state index contributed by atoms with van der Waals surface area (Å²) < 4.78 is 5.88. The minimum atomic E-state index is 0.506. The molecule has 0 saturated carbocycles. The van der Waals surface area contributed by atoms with Gasteiger partial charge in [0, 0.05) is 25.1 Å². The lowest BCUT2D eigenvalue weighted by atomic mass is 9.89. The van der Waals surface area contributed by atoms with Crippen molar-refractivity contribution < 1.29 is 4.74 Å². The summed E-state index contributed by atoms with van der Waals surface area (Å²) in [5, 5.41) is 1.18. The van der Waals surface area contributed by atoms with Crippen molar-refractivity contribution in [1.82, 2.24) is 9.97 Å². The Balaban J connectivity index is 1.55. The first-order valence-electron chi connectivity index (χ1n) is 8.40. The van der Waals surface area contributed by atoms with Crippen molar-refractivity contribution in [3.05, 3.63) is 30.1 Å². The minimum Gasteiger partial charge on any atom is -0.378 e. The lowest BCUT2D eigenvalue weighted by Gasteiger charge is -2.35. The lowest BCUT2D eigenvalue weighted by molar-refractivity contribution is 0.0531. The van der Waals surface area contributed by atoms with E-state index in [4.69, 9.17) is 4.74 Å². The molecule has 0 amide bonds. The number of hydrogen-bond acceptors (Lipinski definition) is 4. The second-order valence-electron chi connectivity index (χ2n) is 6.54. The molecule has 2 aromatic rings. The largest absolute Gasteiger partial charge is 0.378 e. The number of ether oxygens (including phenoxy) is 1. The molecule has 0 radical (unpaired) electrons. The number of anilines is 1. The molecule has 116 valence electrons. The Hall–Kier alpha value is -1.68. The van der Waals surface area contributed by atoms with Gasteiger partial charge in [0.25, 0.3) is 0 Å². The summed E-state index contributed by atoms with van der Waals surface area (Å²) in [6, 6.07) is 6.36. The first kappa shape index (κ1) is 13.9. The van der Waals surface area contributed by atoms with Crippen molar-refractivity contribution in [3.63, 3.8) is 0 Å². The van der Waals surface area contributed by atoms with Gasteiger partial charge in [-0.15, -0.1) is 0 Å². The predicted molar refractivity (Wildman–Crippen MR) is 88.2 cm³/mol. The first-order valence-corrected chi connectivity index (χ1v) is 8.40. The summed E-state index contributed by atoms with van der Waals surface area (Å²) in [4.78, 5) is 11.5. The number of benzene rings is 1. The van der Waals surface area contributed by atoms with Crippen LogP contribution in [0.4, 0.5) is 5.82 Å². The van der Waals surface area contributed by atoms with E-state index in [9.17, 15) is 0 Å². The van der Waals surface area contributed by atoms with E-state index < -0.39 is 0 Å². The average Bonchev–Trinajstić information content (AvgIpc) is 3.10. The molecular formula is C18H23N3O. The van der Waals surface area contributed by atoms with Crippen molar-refractivity contribution in [1.29, 1.82) is 0 Å². The zero-order chi connectivity index (χ0) is 14.9. The van der Waals surface area contributed by atoms with Gasteiger partial charge in [0.1, 0.15) is 12.1 Å². The van der Waals surface area contributed by atoms with Crippen molar-refractivity contribution in [2.24, 2.45) is 5.92 Å². The Morgan fingerprint density at radius 2 is 2.00 bits per heavy atom. The number of rotatable bonds is 2. The molecule has 4 heteroatoms. The number of para-hydroxylation sites is 1. The molecule has 4 rings (SSSR count). The Kier molecular flexibility index (Phi) is 3.70. The third-order valence-corrected chi connectivity index (χ3v) is 5.18. The van der Waals surface area contributed by atoms with E-state index in [0.717, 1.165) is 36.9 Å². The fourth-order valence-electron chi connectivity index (χ4n) is 3.93. The fourth-order valence-corrected chi connectivity index (χ4v) is 3.93. The number of aromatic nitrogens is 2. The van der Waals surface area contributed by atoms with Crippen molar-refractivity contribution in [2.45, 2.75) is 38.7 Å². The molecular weight excluding hydrogens is 274 g/mol. The van der Waals surface area contributed by atoms with E-state index in [1.54, 1.807) is 6.33 Å². The van der Waals surface area contributed by atoms with Crippen LogP contribution in [0.3, 0.4) is 0 Å². The average molecular weight is 297 g/mol. The zero-order valence-corrected chi connectivity index (χ0v) is 13.2. The smallest absolute Gasteiger partial charge is 0.139 e. The van der Waals surface area contributed by atoms with Gasteiger partial charge in [-0.05, 0) is 50.2 Å². The first-order chi connectivity index (χ1) is 10.8. The van der Waals surface area contributed by atoms with Gasteiger partial charge in [-0.2, -0.15) is 0 Å². The van der Waals surface area contributed by atoms with E-state index in [2.05, 4.69) is 40.0 Å². The topological polar surface area (TPSA) is 38.2 Å². The van der Waals surface area contributed by atoms with Gasteiger partial charge in [-0.3, -0.25) is 0 Å². The standard InChI is InChI=1S/C18H23N3O/c1-13-4-2-5-15-17(13)19-12-20-18(15)21-9-7-14(8-10-21)16-6-3-11-22-16/h2,4-5,12,14,16H,3,6-11H2,1H3. The molecule has 0 spiro atoms. The summed E-state index contributed by atoms with van der Waals surface area (Å²) in [7, 11) is 0. The summed E-state index contributed by atoms with van der Waals surface area (Å²) in [6.07, 6.45) is 7.12. The highest BCUT2D eigenvalue weighted by Gasteiger charge is 2.30. The van der Waals surface area contributed by atoms with Gasteiger partial charge in [0.2, 0.25) is 0 Å². The van der Waals surface area contributed by atoms with Crippen LogP contribution >= 0.6 is 0 Å². The molecule has 2 fully saturated rings. The second-order valence-corrected chi connectivity index (χ2v) is 6.54. The third kappa shape index (κ3) is 2.45. The highest BCUT2D eigenvalue weighted by molar-refractivity contribution is 5.91. The number of hydrogen-bond donors (Lipinski definition) is 0. The van der Waals surface area contributed by atoms with Crippen LogP contribution in [0.5, 0.6) is 0 Å². The van der Waals surface area contributed by atoms with E-state index in [1.165, 1.54) is 36.6 Å². The van der Waals surface area contributed by atoms with E-state index in [0.29, 0.717) is 6.10 Å². The molecule has 22 heavy (non-hydrogen) atoms. The summed E-state index contributed by atoms with van der Waals surface area (Å²) in [6.45, 7) is 5.22. The lowest BCUT2D eigenvalue weighted by Crippen LogP contribution is -2.38. The van der Waals surface area contributed by atoms with Gasteiger partial charge in [0.05, 0.1) is 11.6 Å². The maximum absolute atomic E-state index is 5.88. The van der Waals surface area contributed by atoms with Crippen LogP contribution in [0, 0.1) is 12.8 Å². The van der Waals surface area contributed by atoms with Crippen molar-refractivity contribution in [2.75, 3.05) is 24.6 Å². The minimum absolute atomic E-state index is 0.506. The van der Waals surface area contributed by atoms with Crippen LogP contribution in [-0.2, 0) is 4.74 Å². The summed E-state index contributed by atoms with van der Waals surface area (Å²) in [5.74, 6) is 1.83. The van der Waals surface area contributed by atoms with Gasteiger partial charge >= 0.3 is 0 Å². The molecule has 3 heterocycles. The van der Waals surface area contributed by atoms with Crippen molar-refractivity contribution in [3.8, 4) is 0 Å². The monoisotopic (exact) mass is 297 g/mol. The van der Waals surface area contributed by atoms with Crippen LogP contribution < -0.4 is 4.90 Å². The van der Waals surface area contributed by atoms with Gasteiger partial charge in [-0.25, -0.2) is 9.97 Å². The maximum Gasteiger partial charge on any atom is 0.139 e. The molecule has 1 aromatic heterocycles. The quantitative estimate of drug-likeness (QED) is 0.852. The molecule has 4 nitrogen and oxygen atoms in total. The second kappa shape index (κ2) is 5.84. The van der Waals surface area contributed by atoms with E-state index in [-0.39, 0.29) is 0 Å². The Morgan fingerprint density at radius 3 is 2.77 bits per heavy atom. The molecule has 1 atom stereocenters. The van der Waals surface area contributed by atoms with Gasteiger partial charge in [-0.1, -0.05) is 12.1 Å². The van der Waals surface area contributed by atoms with Crippen LogP contribution in [0.15, 0.2) is 24.5 Å². The summed E-state index contributed by atoms with van der Waals surface area (Å²) >= 11 is 0. The molecule has 2 aliphatic heterocycles. The highest BCUT2D eigenvalue weighted by Crippen LogP contribution is 2.32. The molecule has 2 aliphatic rings. The molecule has 2 saturated heterocycles. The van der Waals surface area contributed by atoms with E-state index in [1.807, 2.05) is 0 Å². The van der Waals surface area contributed by atoms with Gasteiger partial charge in [0.15, 0.2) is 0 Å². The number of aryl methyl sites for hydroxylation is 1. The normalized spacial score (nSPS) is 23.3. The highest BCUT2D eigenvalue weighted by atomic mass is 16.5. The predicted octanol–water partition coefficient (Wildman–Crippen LogP) is 3.33. The van der Waals surface area contributed by atoms with E-state index >= 15 is 0 Å². The molecule has 0 bridgehead atoms. The fraction of sp³-hybridized carbons (Fsp3) is 0.556. The number of fused-ring (bicyclic) bond motifs is 1. The van der Waals surface area contributed by atoms with Crippen LogP contribution in [-0.4, -0.2) is 35.8 Å². The number of nitrogens with zero attached hydrogens (tertiary/aromatic N) is 3. The maximum atomic E-state index is 5.88. The SMILES string of the molecule is Cc1cccc2c(N3CCC(C4CCCO4)CC3)ncnc12. The Bertz CT molecular complexity index is 658. The van der Waals surface area contributed by atoms with Gasteiger partial charge < -0.3 is 9.64 Å². The number of piperidine rings is 1. The Labute approximate surface area is 131 Å². The Morgan fingerprint density at radius 1 is 1.14 bits per heavy atom. The molecule has 0 aliphatic carbocycles. The zero-order valence-electron chi connectivity index (χ0n) is 13.2. The molecule has 0 N–H and O–H groups in total. The summed E-state index contributed by atoms with van der Waals surface area (Å²) in [5.41, 5.74) is 2.30.